The van der Waals surface area contributed by atoms with Crippen LogP contribution in [0.4, 0.5) is 0 Å². The summed E-state index contributed by atoms with van der Waals surface area (Å²) in [6.45, 7) is 0. The lowest BCUT2D eigenvalue weighted by Gasteiger charge is -1.98. The van der Waals surface area contributed by atoms with Crippen LogP contribution in [0.3, 0.4) is 0 Å². The van der Waals surface area contributed by atoms with Crippen molar-refractivity contribution in [2.45, 2.75) is 23.7 Å². The molecule has 0 saturated heterocycles. The van der Waals surface area contributed by atoms with Gasteiger partial charge in [-0.1, -0.05) is 12.1 Å². The van der Waals surface area contributed by atoms with Crippen LogP contribution in [-0.4, -0.2) is 6.26 Å². The molecule has 1 fully saturated rings. The fourth-order valence-corrected chi connectivity index (χ4v) is 1.70. The topological polar surface area (TPSA) is 0 Å². The molecule has 0 atom stereocenters. The second-order valence-corrected chi connectivity index (χ2v) is 3.93. The predicted octanol–water partition coefficient (Wildman–Crippen LogP) is 3.29. The Bertz CT molecular complexity index is 234. The normalized spacial score (nSPS) is 16.8. The van der Waals surface area contributed by atoms with Gasteiger partial charge in [0.15, 0.2) is 0 Å². The van der Waals surface area contributed by atoms with Crippen LogP contribution < -0.4 is 0 Å². The van der Waals surface area contributed by atoms with Crippen LogP contribution in [0.5, 0.6) is 0 Å². The van der Waals surface area contributed by atoms with Crippen molar-refractivity contribution >= 4 is 11.8 Å². The maximum absolute atomic E-state index is 2.27. The lowest BCUT2D eigenvalue weighted by Crippen LogP contribution is -1.77. The third kappa shape index (κ3) is 1.59. The van der Waals surface area contributed by atoms with Crippen molar-refractivity contribution < 1.29 is 0 Å². The van der Waals surface area contributed by atoms with E-state index in [1.807, 2.05) is 11.8 Å². The standard InChI is InChI=1S/C10H12S/c1-11-10-6-4-9(5-7-10)8-2-3-8/h4-8H,2-3H2,1H3. The first kappa shape index (κ1) is 7.23. The molecule has 0 N–H and O–H groups in total. The van der Waals surface area contributed by atoms with Crippen LogP contribution >= 0.6 is 11.8 Å². The summed E-state index contributed by atoms with van der Waals surface area (Å²) >= 11 is 1.81. The Morgan fingerprint density at radius 1 is 1.18 bits per heavy atom. The highest BCUT2D eigenvalue weighted by Crippen LogP contribution is 2.40. The van der Waals surface area contributed by atoms with Crippen LogP contribution in [0.1, 0.15) is 24.3 Å². The van der Waals surface area contributed by atoms with E-state index in [2.05, 4.69) is 30.5 Å². The third-order valence-electron chi connectivity index (χ3n) is 2.16. The van der Waals surface area contributed by atoms with Gasteiger partial charge in [-0.2, -0.15) is 0 Å². The quantitative estimate of drug-likeness (QED) is 0.604. The van der Waals surface area contributed by atoms with Crippen LogP contribution in [0.25, 0.3) is 0 Å². The molecule has 0 nitrogen and oxygen atoms in total. The summed E-state index contributed by atoms with van der Waals surface area (Å²) in [6, 6.07) is 8.98. The number of hydrogen-bond acceptors (Lipinski definition) is 1. The van der Waals surface area contributed by atoms with Crippen LogP contribution in [-0.2, 0) is 0 Å². The van der Waals surface area contributed by atoms with Crippen molar-refractivity contribution in [2.75, 3.05) is 6.26 Å². The average Bonchev–Trinajstić information content (AvgIpc) is 2.87. The second-order valence-electron chi connectivity index (χ2n) is 3.05. The van der Waals surface area contributed by atoms with Gasteiger partial charge in [0.2, 0.25) is 0 Å². The van der Waals surface area contributed by atoms with Crippen molar-refractivity contribution in [3.8, 4) is 0 Å². The van der Waals surface area contributed by atoms with Gasteiger partial charge < -0.3 is 0 Å². The summed E-state index contributed by atoms with van der Waals surface area (Å²) in [5.74, 6) is 0.894. The van der Waals surface area contributed by atoms with Gasteiger partial charge in [-0.15, -0.1) is 11.8 Å². The monoisotopic (exact) mass is 164 g/mol. The van der Waals surface area contributed by atoms with Crippen LogP contribution in [0.15, 0.2) is 29.2 Å². The second kappa shape index (κ2) is 2.90. The molecule has 0 aromatic heterocycles. The molecule has 0 radical (unpaired) electrons. The van der Waals surface area contributed by atoms with E-state index in [-0.39, 0.29) is 0 Å². The first-order chi connectivity index (χ1) is 5.40. The maximum Gasteiger partial charge on any atom is 0.00693 e. The first-order valence-electron chi connectivity index (χ1n) is 4.04. The molecule has 0 spiro atoms. The van der Waals surface area contributed by atoms with Gasteiger partial charge in [0.05, 0.1) is 0 Å². The third-order valence-corrected chi connectivity index (χ3v) is 2.91. The fraction of sp³-hybridized carbons (Fsp3) is 0.400. The van der Waals surface area contributed by atoms with Crippen molar-refractivity contribution in [2.24, 2.45) is 0 Å². The molecule has 0 heterocycles. The number of rotatable bonds is 2. The maximum atomic E-state index is 2.27. The molecule has 58 valence electrons. The summed E-state index contributed by atoms with van der Waals surface area (Å²) in [5, 5.41) is 0. The van der Waals surface area contributed by atoms with E-state index in [9.17, 15) is 0 Å². The zero-order valence-electron chi connectivity index (χ0n) is 6.71. The van der Waals surface area contributed by atoms with Crippen molar-refractivity contribution in [3.05, 3.63) is 29.8 Å². The Labute approximate surface area is 72.0 Å². The molecule has 1 aromatic rings. The van der Waals surface area contributed by atoms with E-state index in [0.29, 0.717) is 0 Å². The summed E-state index contributed by atoms with van der Waals surface area (Å²) in [7, 11) is 0. The SMILES string of the molecule is CSc1ccc(C2CC2)cc1. The summed E-state index contributed by atoms with van der Waals surface area (Å²) in [5.41, 5.74) is 1.53. The van der Waals surface area contributed by atoms with Gasteiger partial charge in [0.25, 0.3) is 0 Å². The van der Waals surface area contributed by atoms with Gasteiger partial charge in [0, 0.05) is 4.90 Å². The van der Waals surface area contributed by atoms with E-state index < -0.39 is 0 Å². The summed E-state index contributed by atoms with van der Waals surface area (Å²) in [4.78, 5) is 1.37. The first-order valence-corrected chi connectivity index (χ1v) is 5.26. The molecule has 0 unspecified atom stereocenters. The van der Waals surface area contributed by atoms with Crippen LogP contribution in [0.2, 0.25) is 0 Å². The molecule has 1 heteroatoms. The van der Waals surface area contributed by atoms with Crippen molar-refractivity contribution in [1.29, 1.82) is 0 Å². The van der Waals surface area contributed by atoms with Gasteiger partial charge in [-0.25, -0.2) is 0 Å². The molecular formula is C10H12S. The average molecular weight is 164 g/mol. The zero-order valence-corrected chi connectivity index (χ0v) is 7.53. The Kier molecular flexibility index (Phi) is 1.91. The lowest BCUT2D eigenvalue weighted by molar-refractivity contribution is 1.12. The highest BCUT2D eigenvalue weighted by molar-refractivity contribution is 7.98. The Morgan fingerprint density at radius 2 is 1.82 bits per heavy atom. The Hall–Kier alpha value is -0.430. The minimum atomic E-state index is 0.894. The van der Waals surface area contributed by atoms with Gasteiger partial charge in [-0.3, -0.25) is 0 Å². The molecule has 2 rings (SSSR count). The van der Waals surface area contributed by atoms with E-state index >= 15 is 0 Å². The number of thioether (sulfide) groups is 1. The fourth-order valence-electron chi connectivity index (χ4n) is 1.29. The molecule has 11 heavy (non-hydrogen) atoms. The minimum Gasteiger partial charge on any atom is -0.130 e. The number of hydrogen-bond donors (Lipinski definition) is 0. The molecule has 1 aliphatic carbocycles. The molecule has 1 aliphatic rings. The highest BCUT2D eigenvalue weighted by atomic mass is 32.2. The van der Waals surface area contributed by atoms with Gasteiger partial charge in [-0.05, 0) is 42.7 Å². The molecule has 1 aromatic carbocycles. The highest BCUT2D eigenvalue weighted by Gasteiger charge is 2.22. The molecular weight excluding hydrogens is 152 g/mol. The predicted molar refractivity (Wildman–Crippen MR) is 50.2 cm³/mol. The molecule has 0 amide bonds. The van der Waals surface area contributed by atoms with Gasteiger partial charge in [0.1, 0.15) is 0 Å². The Morgan fingerprint density at radius 3 is 2.27 bits per heavy atom. The summed E-state index contributed by atoms with van der Waals surface area (Å²) in [6.07, 6.45) is 4.92. The number of benzene rings is 1. The Balaban J connectivity index is 2.19. The van der Waals surface area contributed by atoms with E-state index in [1.165, 1.54) is 23.3 Å². The van der Waals surface area contributed by atoms with Crippen LogP contribution in [0, 0.1) is 0 Å². The zero-order chi connectivity index (χ0) is 7.68. The smallest absolute Gasteiger partial charge is 0.00693 e. The summed E-state index contributed by atoms with van der Waals surface area (Å²) < 4.78 is 0. The molecule has 0 bridgehead atoms. The minimum absolute atomic E-state index is 0.894. The lowest BCUT2D eigenvalue weighted by atomic mass is 10.1. The molecule has 1 saturated carbocycles. The van der Waals surface area contributed by atoms with E-state index in [4.69, 9.17) is 0 Å². The van der Waals surface area contributed by atoms with Crippen molar-refractivity contribution in [3.63, 3.8) is 0 Å². The van der Waals surface area contributed by atoms with Gasteiger partial charge >= 0.3 is 0 Å². The largest absolute Gasteiger partial charge is 0.130 e. The molecule has 0 aliphatic heterocycles. The van der Waals surface area contributed by atoms with E-state index in [1.54, 1.807) is 0 Å². The van der Waals surface area contributed by atoms with Crippen molar-refractivity contribution in [1.82, 2.24) is 0 Å². The van der Waals surface area contributed by atoms with E-state index in [0.717, 1.165) is 5.92 Å².